The SMILES string of the molecule is CCCc1nccn1-c1nc2c(N)cccc2o1. The normalized spacial score (nSPS) is 11.2. The lowest BCUT2D eigenvalue weighted by Gasteiger charge is -2.00. The molecular weight excluding hydrogens is 228 g/mol. The smallest absolute Gasteiger partial charge is 0.308 e. The van der Waals surface area contributed by atoms with Gasteiger partial charge in [0.1, 0.15) is 11.3 Å². The second kappa shape index (κ2) is 4.18. The van der Waals surface area contributed by atoms with Crippen molar-refractivity contribution in [3.8, 4) is 6.01 Å². The molecule has 2 N–H and O–H groups in total. The maximum Gasteiger partial charge on any atom is 0.308 e. The Balaban J connectivity index is 2.14. The van der Waals surface area contributed by atoms with Crippen molar-refractivity contribution in [2.75, 3.05) is 5.73 Å². The Morgan fingerprint density at radius 1 is 1.39 bits per heavy atom. The van der Waals surface area contributed by atoms with E-state index in [9.17, 15) is 0 Å². The largest absolute Gasteiger partial charge is 0.423 e. The summed E-state index contributed by atoms with van der Waals surface area (Å²) in [5.41, 5.74) is 7.89. The molecule has 0 unspecified atom stereocenters. The molecule has 5 nitrogen and oxygen atoms in total. The maximum atomic E-state index is 5.87. The maximum absolute atomic E-state index is 5.87. The molecule has 0 radical (unpaired) electrons. The molecule has 0 saturated carbocycles. The van der Waals surface area contributed by atoms with Crippen LogP contribution in [0.25, 0.3) is 17.1 Å². The van der Waals surface area contributed by atoms with Gasteiger partial charge in [-0.2, -0.15) is 4.98 Å². The Morgan fingerprint density at radius 3 is 3.06 bits per heavy atom. The third-order valence-electron chi connectivity index (χ3n) is 2.84. The Bertz CT molecular complexity index is 683. The van der Waals surface area contributed by atoms with Gasteiger partial charge in [0.2, 0.25) is 0 Å². The van der Waals surface area contributed by atoms with Gasteiger partial charge in [-0.3, -0.25) is 4.57 Å². The van der Waals surface area contributed by atoms with Crippen LogP contribution in [0.1, 0.15) is 19.2 Å². The molecule has 92 valence electrons. The highest BCUT2D eigenvalue weighted by atomic mass is 16.4. The predicted octanol–water partition coefficient (Wildman–Crippen LogP) is 2.55. The lowest BCUT2D eigenvalue weighted by atomic mass is 10.3. The summed E-state index contributed by atoms with van der Waals surface area (Å²) in [7, 11) is 0. The zero-order valence-corrected chi connectivity index (χ0v) is 10.1. The monoisotopic (exact) mass is 242 g/mol. The molecule has 3 aromatic rings. The van der Waals surface area contributed by atoms with Crippen molar-refractivity contribution < 1.29 is 4.42 Å². The molecule has 2 aromatic heterocycles. The Hall–Kier alpha value is -2.30. The number of anilines is 1. The van der Waals surface area contributed by atoms with Crippen molar-refractivity contribution >= 4 is 16.8 Å². The molecule has 0 amide bonds. The number of aryl methyl sites for hydroxylation is 1. The molecule has 18 heavy (non-hydrogen) atoms. The van der Waals surface area contributed by atoms with Gasteiger partial charge in [-0.15, -0.1) is 0 Å². The average Bonchev–Trinajstić information content (AvgIpc) is 2.95. The Labute approximate surface area is 104 Å². The van der Waals surface area contributed by atoms with Crippen molar-refractivity contribution in [1.82, 2.24) is 14.5 Å². The molecule has 0 aliphatic rings. The highest BCUT2D eigenvalue weighted by Crippen LogP contribution is 2.23. The molecule has 3 rings (SSSR count). The predicted molar refractivity (Wildman–Crippen MR) is 69.5 cm³/mol. The first kappa shape index (κ1) is 10.8. The van der Waals surface area contributed by atoms with Gasteiger partial charge in [-0.1, -0.05) is 13.0 Å². The minimum Gasteiger partial charge on any atom is -0.423 e. The second-order valence-electron chi connectivity index (χ2n) is 4.15. The van der Waals surface area contributed by atoms with E-state index >= 15 is 0 Å². The van der Waals surface area contributed by atoms with Gasteiger partial charge < -0.3 is 10.2 Å². The zero-order chi connectivity index (χ0) is 12.5. The van der Waals surface area contributed by atoms with Crippen LogP contribution in [0.2, 0.25) is 0 Å². The number of hydrogen-bond acceptors (Lipinski definition) is 4. The highest BCUT2D eigenvalue weighted by molar-refractivity contribution is 5.85. The highest BCUT2D eigenvalue weighted by Gasteiger charge is 2.12. The number of imidazole rings is 1. The summed E-state index contributed by atoms with van der Waals surface area (Å²) >= 11 is 0. The molecule has 0 aliphatic carbocycles. The van der Waals surface area contributed by atoms with Gasteiger partial charge in [0.25, 0.3) is 0 Å². The summed E-state index contributed by atoms with van der Waals surface area (Å²) < 4.78 is 7.58. The van der Waals surface area contributed by atoms with E-state index in [2.05, 4.69) is 16.9 Å². The molecule has 2 heterocycles. The fourth-order valence-electron chi connectivity index (χ4n) is 1.98. The third-order valence-corrected chi connectivity index (χ3v) is 2.84. The molecule has 0 aliphatic heterocycles. The third kappa shape index (κ3) is 1.64. The average molecular weight is 242 g/mol. The Kier molecular flexibility index (Phi) is 2.51. The molecule has 0 bridgehead atoms. The fraction of sp³-hybridized carbons (Fsp3) is 0.231. The zero-order valence-electron chi connectivity index (χ0n) is 10.1. The number of nitrogens with zero attached hydrogens (tertiary/aromatic N) is 3. The van der Waals surface area contributed by atoms with Gasteiger partial charge in [0, 0.05) is 18.8 Å². The van der Waals surface area contributed by atoms with Crippen molar-refractivity contribution in [1.29, 1.82) is 0 Å². The Morgan fingerprint density at radius 2 is 2.28 bits per heavy atom. The van der Waals surface area contributed by atoms with E-state index in [0.717, 1.165) is 18.7 Å². The van der Waals surface area contributed by atoms with Crippen molar-refractivity contribution in [2.45, 2.75) is 19.8 Å². The fourth-order valence-corrected chi connectivity index (χ4v) is 1.98. The summed E-state index contributed by atoms with van der Waals surface area (Å²) in [5, 5.41) is 0. The van der Waals surface area contributed by atoms with Crippen LogP contribution >= 0.6 is 0 Å². The number of oxazole rings is 1. The van der Waals surface area contributed by atoms with E-state index in [4.69, 9.17) is 10.2 Å². The molecule has 5 heteroatoms. The van der Waals surface area contributed by atoms with Crippen molar-refractivity contribution in [2.24, 2.45) is 0 Å². The van der Waals surface area contributed by atoms with Crippen molar-refractivity contribution in [3.05, 3.63) is 36.4 Å². The van der Waals surface area contributed by atoms with Gasteiger partial charge in [0.05, 0.1) is 5.69 Å². The van der Waals surface area contributed by atoms with E-state index in [1.165, 1.54) is 0 Å². The summed E-state index contributed by atoms with van der Waals surface area (Å²) in [6, 6.07) is 6.05. The minimum absolute atomic E-state index is 0.517. The topological polar surface area (TPSA) is 69.9 Å². The second-order valence-corrected chi connectivity index (χ2v) is 4.15. The van der Waals surface area contributed by atoms with Crippen LogP contribution in [0.4, 0.5) is 5.69 Å². The number of benzene rings is 1. The van der Waals surface area contributed by atoms with E-state index in [0.29, 0.717) is 22.8 Å². The molecule has 0 saturated heterocycles. The van der Waals surface area contributed by atoms with Gasteiger partial charge in [0.15, 0.2) is 5.58 Å². The minimum atomic E-state index is 0.517. The number of nitrogens with two attached hydrogens (primary N) is 1. The molecule has 1 aromatic carbocycles. The van der Waals surface area contributed by atoms with Crippen LogP contribution in [0.5, 0.6) is 0 Å². The summed E-state index contributed by atoms with van der Waals surface area (Å²) in [5.74, 6) is 0.947. The molecule has 0 fully saturated rings. The van der Waals surface area contributed by atoms with E-state index in [-0.39, 0.29) is 0 Å². The lowest BCUT2D eigenvalue weighted by Crippen LogP contribution is -2.00. The van der Waals surface area contributed by atoms with Gasteiger partial charge >= 0.3 is 6.01 Å². The molecule has 0 spiro atoms. The number of aromatic nitrogens is 3. The number of rotatable bonds is 3. The standard InChI is InChI=1S/C13H14N4O/c1-2-4-11-15-7-8-17(11)13-16-12-9(14)5-3-6-10(12)18-13/h3,5-8H,2,4,14H2,1H3. The van der Waals surface area contributed by atoms with Crippen molar-refractivity contribution in [3.63, 3.8) is 0 Å². The first-order valence-corrected chi connectivity index (χ1v) is 5.97. The first-order valence-electron chi connectivity index (χ1n) is 5.97. The van der Waals surface area contributed by atoms with Crippen LogP contribution < -0.4 is 5.73 Å². The lowest BCUT2D eigenvalue weighted by molar-refractivity contribution is 0.554. The summed E-state index contributed by atoms with van der Waals surface area (Å²) in [6.45, 7) is 2.11. The van der Waals surface area contributed by atoms with E-state index < -0.39 is 0 Å². The quantitative estimate of drug-likeness (QED) is 0.716. The van der Waals surface area contributed by atoms with E-state index in [1.54, 1.807) is 6.20 Å². The number of hydrogen-bond donors (Lipinski definition) is 1. The van der Waals surface area contributed by atoms with Gasteiger partial charge in [-0.05, 0) is 18.6 Å². The summed E-state index contributed by atoms with van der Waals surface area (Å²) in [4.78, 5) is 8.74. The molecular formula is C13H14N4O. The van der Waals surface area contributed by atoms with Crippen LogP contribution in [-0.2, 0) is 6.42 Å². The number of fused-ring (bicyclic) bond motifs is 1. The van der Waals surface area contributed by atoms with Gasteiger partial charge in [-0.25, -0.2) is 4.98 Å². The van der Waals surface area contributed by atoms with E-state index in [1.807, 2.05) is 29.0 Å². The molecule has 0 atom stereocenters. The van der Waals surface area contributed by atoms with Crippen LogP contribution in [0.3, 0.4) is 0 Å². The number of para-hydroxylation sites is 1. The number of nitrogen functional groups attached to an aromatic ring is 1. The van der Waals surface area contributed by atoms with Crippen LogP contribution in [-0.4, -0.2) is 14.5 Å². The van der Waals surface area contributed by atoms with Crippen LogP contribution in [0, 0.1) is 0 Å². The summed E-state index contributed by atoms with van der Waals surface area (Å²) in [6.07, 6.45) is 5.52. The first-order chi connectivity index (χ1) is 8.79. The van der Waals surface area contributed by atoms with Crippen LogP contribution in [0.15, 0.2) is 35.0 Å².